The van der Waals surface area contributed by atoms with E-state index in [4.69, 9.17) is 16.3 Å². The van der Waals surface area contributed by atoms with Crippen LogP contribution in [0.15, 0.2) is 24.3 Å². The highest BCUT2D eigenvalue weighted by Gasteiger charge is 2.31. The lowest BCUT2D eigenvalue weighted by Gasteiger charge is -2.38. The summed E-state index contributed by atoms with van der Waals surface area (Å²) in [5.41, 5.74) is 1.17. The van der Waals surface area contributed by atoms with Gasteiger partial charge in [-0.15, -0.1) is 5.10 Å². The van der Waals surface area contributed by atoms with Crippen LogP contribution in [0.25, 0.3) is 0 Å². The van der Waals surface area contributed by atoms with Crippen LogP contribution in [0.1, 0.15) is 37.2 Å². The van der Waals surface area contributed by atoms with Crippen molar-refractivity contribution in [3.05, 3.63) is 40.7 Å². The van der Waals surface area contributed by atoms with Crippen LogP contribution in [0.4, 0.5) is 0 Å². The van der Waals surface area contributed by atoms with Crippen LogP contribution in [0.5, 0.6) is 0 Å². The Morgan fingerprint density at radius 3 is 2.63 bits per heavy atom. The Morgan fingerprint density at radius 2 is 1.96 bits per heavy atom. The molecule has 3 heterocycles. The van der Waals surface area contributed by atoms with Gasteiger partial charge in [0.1, 0.15) is 0 Å². The second-order valence-corrected chi connectivity index (χ2v) is 7.71. The minimum absolute atomic E-state index is 0.0256. The van der Waals surface area contributed by atoms with E-state index in [1.807, 2.05) is 16.8 Å². The molecule has 2 atom stereocenters. The van der Waals surface area contributed by atoms with Crippen LogP contribution in [0.2, 0.25) is 5.02 Å². The SMILES string of the molecule is CCN1CCN(C(c2ccc(Cl)cc2)c2nnnn2CC2CCCO2)CC1. The molecule has 1 aromatic heterocycles. The van der Waals surface area contributed by atoms with Gasteiger partial charge in [0, 0.05) is 37.8 Å². The number of rotatable bonds is 6. The lowest BCUT2D eigenvalue weighted by Crippen LogP contribution is -2.48. The Balaban J connectivity index is 1.62. The maximum Gasteiger partial charge on any atom is 0.173 e. The van der Waals surface area contributed by atoms with Crippen LogP contribution in [0, 0.1) is 0 Å². The molecule has 2 unspecified atom stereocenters. The monoisotopic (exact) mass is 390 g/mol. The molecule has 2 aromatic rings. The van der Waals surface area contributed by atoms with E-state index in [2.05, 4.69) is 44.4 Å². The van der Waals surface area contributed by atoms with Crippen molar-refractivity contribution in [1.29, 1.82) is 0 Å². The van der Waals surface area contributed by atoms with Gasteiger partial charge in [0.15, 0.2) is 5.82 Å². The first-order valence-electron chi connectivity index (χ1n) is 9.84. The van der Waals surface area contributed by atoms with Crippen molar-refractivity contribution in [2.45, 2.75) is 38.5 Å². The van der Waals surface area contributed by atoms with Gasteiger partial charge in [0.25, 0.3) is 0 Å². The van der Waals surface area contributed by atoms with Crippen molar-refractivity contribution in [1.82, 2.24) is 30.0 Å². The highest BCUT2D eigenvalue weighted by molar-refractivity contribution is 6.30. The molecule has 2 aliphatic rings. The van der Waals surface area contributed by atoms with E-state index in [0.29, 0.717) is 6.54 Å². The zero-order chi connectivity index (χ0) is 18.6. The van der Waals surface area contributed by atoms with E-state index < -0.39 is 0 Å². The van der Waals surface area contributed by atoms with E-state index in [9.17, 15) is 0 Å². The molecule has 0 aliphatic carbocycles. The average Bonchev–Trinajstić information content (AvgIpc) is 3.37. The molecule has 2 aliphatic heterocycles. The van der Waals surface area contributed by atoms with Gasteiger partial charge in [-0.2, -0.15) is 0 Å². The molecule has 0 bridgehead atoms. The first kappa shape index (κ1) is 18.8. The molecule has 0 radical (unpaired) electrons. The number of aromatic nitrogens is 4. The molecule has 0 N–H and O–H groups in total. The predicted molar refractivity (Wildman–Crippen MR) is 104 cm³/mol. The first-order chi connectivity index (χ1) is 13.2. The second kappa shape index (κ2) is 8.65. The molecule has 8 heteroatoms. The quantitative estimate of drug-likeness (QED) is 0.753. The maximum atomic E-state index is 6.13. The average molecular weight is 391 g/mol. The zero-order valence-electron chi connectivity index (χ0n) is 15.8. The highest BCUT2D eigenvalue weighted by Crippen LogP contribution is 2.29. The fourth-order valence-electron chi connectivity index (χ4n) is 4.02. The van der Waals surface area contributed by atoms with Crippen molar-refractivity contribution < 1.29 is 4.74 Å². The van der Waals surface area contributed by atoms with Crippen molar-refractivity contribution in [2.24, 2.45) is 0 Å². The summed E-state index contributed by atoms with van der Waals surface area (Å²) in [5.74, 6) is 0.887. The Hall–Kier alpha value is -1.54. The van der Waals surface area contributed by atoms with Crippen LogP contribution in [-0.4, -0.2) is 75.4 Å². The molecule has 1 aromatic carbocycles. The van der Waals surface area contributed by atoms with Crippen molar-refractivity contribution in [3.63, 3.8) is 0 Å². The normalized spacial score (nSPS) is 23.0. The highest BCUT2D eigenvalue weighted by atomic mass is 35.5. The summed E-state index contributed by atoms with van der Waals surface area (Å²) in [4.78, 5) is 4.96. The largest absolute Gasteiger partial charge is 0.376 e. The Morgan fingerprint density at radius 1 is 1.19 bits per heavy atom. The Bertz CT molecular complexity index is 722. The molecule has 0 saturated carbocycles. The third-order valence-electron chi connectivity index (χ3n) is 5.61. The molecule has 0 spiro atoms. The van der Waals surface area contributed by atoms with Crippen molar-refractivity contribution in [2.75, 3.05) is 39.3 Å². The summed E-state index contributed by atoms with van der Waals surface area (Å²) < 4.78 is 7.73. The van der Waals surface area contributed by atoms with Crippen molar-refractivity contribution >= 4 is 11.6 Å². The Labute approximate surface area is 165 Å². The molecular formula is C19H27ClN6O. The van der Waals surface area contributed by atoms with Gasteiger partial charge in [-0.3, -0.25) is 4.90 Å². The van der Waals surface area contributed by atoms with Gasteiger partial charge >= 0.3 is 0 Å². The van der Waals surface area contributed by atoms with Crippen LogP contribution < -0.4 is 0 Å². The third-order valence-corrected chi connectivity index (χ3v) is 5.86. The zero-order valence-corrected chi connectivity index (χ0v) is 16.6. The van der Waals surface area contributed by atoms with Crippen molar-refractivity contribution in [3.8, 4) is 0 Å². The number of benzene rings is 1. The molecule has 2 saturated heterocycles. The summed E-state index contributed by atoms with van der Waals surface area (Å²) in [7, 11) is 0. The van der Waals surface area contributed by atoms with E-state index in [1.54, 1.807) is 0 Å². The van der Waals surface area contributed by atoms with Gasteiger partial charge in [-0.05, 0) is 47.5 Å². The molecule has 7 nitrogen and oxygen atoms in total. The predicted octanol–water partition coefficient (Wildman–Crippen LogP) is 2.23. The first-order valence-corrected chi connectivity index (χ1v) is 10.2. The molecular weight excluding hydrogens is 364 g/mol. The van der Waals surface area contributed by atoms with Gasteiger partial charge in [0.2, 0.25) is 0 Å². The van der Waals surface area contributed by atoms with Gasteiger partial charge < -0.3 is 9.64 Å². The van der Waals surface area contributed by atoms with E-state index in [0.717, 1.165) is 63.0 Å². The standard InChI is InChI=1S/C19H27ClN6O/c1-2-24-9-11-25(12-10-24)18(15-5-7-16(20)8-6-15)19-21-22-23-26(19)14-17-4-3-13-27-17/h5-8,17-18H,2-4,9-14H2,1H3. The summed E-state index contributed by atoms with van der Waals surface area (Å²) in [6.07, 6.45) is 2.39. The summed E-state index contributed by atoms with van der Waals surface area (Å²) in [6, 6.07) is 8.09. The summed E-state index contributed by atoms with van der Waals surface area (Å²) in [5, 5.41) is 13.5. The lowest BCUT2D eigenvalue weighted by atomic mass is 10.0. The molecule has 0 amide bonds. The number of hydrogen-bond acceptors (Lipinski definition) is 6. The third kappa shape index (κ3) is 4.32. The molecule has 4 rings (SSSR count). The van der Waals surface area contributed by atoms with Gasteiger partial charge in [0.05, 0.1) is 18.7 Å². The molecule has 146 valence electrons. The lowest BCUT2D eigenvalue weighted by molar-refractivity contribution is 0.0861. The number of tetrazole rings is 1. The number of hydrogen-bond donors (Lipinski definition) is 0. The molecule has 27 heavy (non-hydrogen) atoms. The van der Waals surface area contributed by atoms with E-state index >= 15 is 0 Å². The number of likely N-dealkylation sites (N-methyl/N-ethyl adjacent to an activating group) is 1. The van der Waals surface area contributed by atoms with Crippen LogP contribution in [-0.2, 0) is 11.3 Å². The minimum Gasteiger partial charge on any atom is -0.376 e. The fraction of sp³-hybridized carbons (Fsp3) is 0.632. The number of piperazine rings is 1. The number of nitrogens with zero attached hydrogens (tertiary/aromatic N) is 6. The molecule has 2 fully saturated rings. The minimum atomic E-state index is 0.0256. The van der Waals surface area contributed by atoms with Gasteiger partial charge in [-0.1, -0.05) is 30.7 Å². The number of ether oxygens (including phenoxy) is 1. The maximum absolute atomic E-state index is 6.13. The topological polar surface area (TPSA) is 59.3 Å². The van der Waals surface area contributed by atoms with E-state index in [1.165, 1.54) is 5.56 Å². The number of halogens is 1. The van der Waals surface area contributed by atoms with Crippen LogP contribution >= 0.6 is 11.6 Å². The fourth-order valence-corrected chi connectivity index (χ4v) is 4.15. The van der Waals surface area contributed by atoms with Crippen LogP contribution in [0.3, 0.4) is 0 Å². The summed E-state index contributed by atoms with van der Waals surface area (Å²) >= 11 is 6.13. The Kier molecular flexibility index (Phi) is 6.02. The van der Waals surface area contributed by atoms with E-state index in [-0.39, 0.29) is 12.1 Å². The van der Waals surface area contributed by atoms with Gasteiger partial charge in [-0.25, -0.2) is 4.68 Å². The smallest absolute Gasteiger partial charge is 0.173 e. The second-order valence-electron chi connectivity index (χ2n) is 7.28. The summed E-state index contributed by atoms with van der Waals surface area (Å²) in [6.45, 7) is 8.97.